The molecule has 1 rings (SSSR count). The molecule has 5 nitrogen and oxygen atoms in total. The summed E-state index contributed by atoms with van der Waals surface area (Å²) in [5, 5.41) is 3.09. The Hall–Kier alpha value is -1.44. The highest BCUT2D eigenvalue weighted by atomic mass is 19.3. The summed E-state index contributed by atoms with van der Waals surface area (Å²) < 4.78 is 44.0. The summed E-state index contributed by atoms with van der Waals surface area (Å²) in [5.41, 5.74) is 0.785. The molecule has 0 heterocycles. The summed E-state index contributed by atoms with van der Waals surface area (Å²) in [7, 11) is 4.48. The fourth-order valence-corrected chi connectivity index (χ4v) is 1.62. The molecular formula is C13H19F2NO4. The number of alkyl halides is 2. The number of methoxy groups -OCH3 is 3. The Balaban J connectivity index is 2.62. The molecule has 0 aliphatic carbocycles. The van der Waals surface area contributed by atoms with E-state index in [0.717, 1.165) is 5.56 Å². The highest BCUT2D eigenvalue weighted by Crippen LogP contribution is 2.29. The Morgan fingerprint density at radius 2 is 1.80 bits per heavy atom. The van der Waals surface area contributed by atoms with Crippen molar-refractivity contribution in [2.75, 3.05) is 27.9 Å². The summed E-state index contributed by atoms with van der Waals surface area (Å²) in [6.07, 6.45) is -0.356. The molecule has 20 heavy (non-hydrogen) atoms. The van der Waals surface area contributed by atoms with E-state index in [1.807, 2.05) is 0 Å². The Morgan fingerprint density at radius 1 is 1.10 bits per heavy atom. The quantitative estimate of drug-likeness (QED) is 0.705. The van der Waals surface area contributed by atoms with Gasteiger partial charge in [0.1, 0.15) is 0 Å². The van der Waals surface area contributed by atoms with Crippen molar-refractivity contribution in [1.82, 2.24) is 5.32 Å². The van der Waals surface area contributed by atoms with E-state index in [2.05, 4.69) is 10.1 Å². The van der Waals surface area contributed by atoms with Crippen LogP contribution >= 0.6 is 0 Å². The molecule has 0 aliphatic rings. The van der Waals surface area contributed by atoms with Crippen molar-refractivity contribution >= 4 is 0 Å². The Bertz CT molecular complexity index is 400. The monoisotopic (exact) mass is 291 g/mol. The van der Waals surface area contributed by atoms with Gasteiger partial charge in [-0.1, -0.05) is 6.07 Å². The minimum Gasteiger partial charge on any atom is -0.493 e. The van der Waals surface area contributed by atoms with Crippen LogP contribution in [0.25, 0.3) is 0 Å². The Morgan fingerprint density at radius 3 is 2.35 bits per heavy atom. The van der Waals surface area contributed by atoms with Crippen molar-refractivity contribution in [1.29, 1.82) is 0 Å². The second-order valence-corrected chi connectivity index (χ2v) is 3.90. The fraction of sp³-hybridized carbons (Fsp3) is 0.538. The smallest absolute Gasteiger partial charge is 0.387 e. The second-order valence-electron chi connectivity index (χ2n) is 3.90. The summed E-state index contributed by atoms with van der Waals surface area (Å²) in [6.45, 7) is -1.95. The first-order valence-corrected chi connectivity index (χ1v) is 5.98. The highest BCUT2D eigenvalue weighted by Gasteiger charge is 2.11. The summed E-state index contributed by atoms with van der Waals surface area (Å²) in [5.74, 6) is 0.276. The molecule has 7 heteroatoms. The molecule has 114 valence electrons. The van der Waals surface area contributed by atoms with E-state index in [1.165, 1.54) is 27.4 Å². The van der Waals surface area contributed by atoms with Crippen LogP contribution in [0.3, 0.4) is 0 Å². The number of benzene rings is 1. The van der Waals surface area contributed by atoms with Gasteiger partial charge in [0, 0.05) is 27.3 Å². The van der Waals surface area contributed by atoms with Gasteiger partial charge in [-0.25, -0.2) is 0 Å². The van der Waals surface area contributed by atoms with Crippen molar-refractivity contribution in [3.63, 3.8) is 0 Å². The van der Waals surface area contributed by atoms with Gasteiger partial charge in [0.25, 0.3) is 0 Å². The predicted octanol–water partition coefficient (Wildman–Crippen LogP) is 2.01. The van der Waals surface area contributed by atoms with Crippen LogP contribution in [0.15, 0.2) is 18.2 Å². The maximum absolute atomic E-state index is 12.3. The van der Waals surface area contributed by atoms with Crippen LogP contribution in [0.1, 0.15) is 5.56 Å². The molecule has 1 aromatic rings. The van der Waals surface area contributed by atoms with Crippen molar-refractivity contribution in [2.24, 2.45) is 0 Å². The van der Waals surface area contributed by atoms with Gasteiger partial charge in [-0.3, -0.25) is 0 Å². The van der Waals surface area contributed by atoms with Gasteiger partial charge in [0.15, 0.2) is 17.8 Å². The van der Waals surface area contributed by atoms with Crippen LogP contribution in [0.4, 0.5) is 8.78 Å². The van der Waals surface area contributed by atoms with Gasteiger partial charge < -0.3 is 24.3 Å². The molecule has 0 amide bonds. The van der Waals surface area contributed by atoms with E-state index in [4.69, 9.17) is 14.2 Å². The Labute approximate surface area is 116 Å². The first kappa shape index (κ1) is 16.6. The lowest BCUT2D eigenvalue weighted by atomic mass is 10.2. The SMILES string of the molecule is COc1ccc(CNCC(OC)OC)cc1OC(F)F. The number of hydrogen-bond acceptors (Lipinski definition) is 5. The number of ether oxygens (including phenoxy) is 4. The van der Waals surface area contributed by atoms with Gasteiger partial charge in [-0.2, -0.15) is 8.78 Å². The maximum atomic E-state index is 12.3. The third-order valence-corrected chi connectivity index (χ3v) is 2.61. The van der Waals surface area contributed by atoms with E-state index in [-0.39, 0.29) is 17.8 Å². The highest BCUT2D eigenvalue weighted by molar-refractivity contribution is 5.42. The van der Waals surface area contributed by atoms with Crippen LogP contribution in [0, 0.1) is 0 Å². The molecule has 0 saturated carbocycles. The molecule has 0 fully saturated rings. The van der Waals surface area contributed by atoms with E-state index in [0.29, 0.717) is 13.1 Å². The average Bonchev–Trinajstić information content (AvgIpc) is 2.43. The van der Waals surface area contributed by atoms with Crippen molar-refractivity contribution < 1.29 is 27.7 Å². The van der Waals surface area contributed by atoms with E-state index >= 15 is 0 Å². The van der Waals surface area contributed by atoms with Gasteiger partial charge >= 0.3 is 6.61 Å². The predicted molar refractivity (Wildman–Crippen MR) is 69.1 cm³/mol. The second kappa shape index (κ2) is 8.68. The zero-order chi connectivity index (χ0) is 15.0. The van der Waals surface area contributed by atoms with Gasteiger partial charge in [0.2, 0.25) is 0 Å². The maximum Gasteiger partial charge on any atom is 0.387 e. The summed E-state index contributed by atoms with van der Waals surface area (Å²) in [4.78, 5) is 0. The van der Waals surface area contributed by atoms with Crippen LogP contribution in [-0.4, -0.2) is 40.8 Å². The zero-order valence-corrected chi connectivity index (χ0v) is 11.7. The van der Waals surface area contributed by atoms with Crippen molar-refractivity contribution in [2.45, 2.75) is 19.4 Å². The molecule has 0 aliphatic heterocycles. The van der Waals surface area contributed by atoms with Crippen molar-refractivity contribution in [3.05, 3.63) is 23.8 Å². The lowest BCUT2D eigenvalue weighted by Gasteiger charge is -2.15. The molecular weight excluding hydrogens is 272 g/mol. The number of halogens is 2. The first-order valence-electron chi connectivity index (χ1n) is 5.98. The van der Waals surface area contributed by atoms with Crippen LogP contribution in [0.2, 0.25) is 0 Å². The normalized spacial score (nSPS) is 11.2. The number of rotatable bonds is 9. The van der Waals surface area contributed by atoms with E-state index in [9.17, 15) is 8.78 Å². The lowest BCUT2D eigenvalue weighted by molar-refractivity contribution is -0.0989. The topological polar surface area (TPSA) is 49.0 Å². The van der Waals surface area contributed by atoms with Gasteiger partial charge in [-0.15, -0.1) is 0 Å². The van der Waals surface area contributed by atoms with Crippen LogP contribution in [-0.2, 0) is 16.0 Å². The standard InChI is InChI=1S/C13H19F2NO4/c1-17-10-5-4-9(6-11(10)20-13(14)15)7-16-8-12(18-2)19-3/h4-6,12-13,16H,7-8H2,1-3H3. The molecule has 0 spiro atoms. The summed E-state index contributed by atoms with van der Waals surface area (Å²) in [6, 6.07) is 4.85. The molecule has 0 bridgehead atoms. The van der Waals surface area contributed by atoms with Gasteiger partial charge in [0.05, 0.1) is 7.11 Å². The van der Waals surface area contributed by atoms with E-state index in [1.54, 1.807) is 12.1 Å². The molecule has 0 saturated heterocycles. The van der Waals surface area contributed by atoms with Crippen LogP contribution in [0.5, 0.6) is 11.5 Å². The third-order valence-electron chi connectivity index (χ3n) is 2.61. The summed E-state index contributed by atoms with van der Waals surface area (Å²) >= 11 is 0. The molecule has 1 aromatic carbocycles. The average molecular weight is 291 g/mol. The van der Waals surface area contributed by atoms with Gasteiger partial charge in [-0.05, 0) is 17.7 Å². The number of hydrogen-bond donors (Lipinski definition) is 1. The molecule has 0 atom stereocenters. The molecule has 0 unspecified atom stereocenters. The first-order chi connectivity index (χ1) is 9.60. The number of nitrogens with one attached hydrogen (secondary N) is 1. The molecule has 0 aromatic heterocycles. The minimum atomic E-state index is -2.89. The largest absolute Gasteiger partial charge is 0.493 e. The molecule has 1 N–H and O–H groups in total. The van der Waals surface area contributed by atoms with Crippen LogP contribution < -0.4 is 14.8 Å². The molecule has 0 radical (unpaired) electrons. The van der Waals surface area contributed by atoms with E-state index < -0.39 is 6.61 Å². The third kappa shape index (κ3) is 5.28. The zero-order valence-electron chi connectivity index (χ0n) is 11.7. The van der Waals surface area contributed by atoms with Crippen molar-refractivity contribution in [3.8, 4) is 11.5 Å². The fourth-order valence-electron chi connectivity index (χ4n) is 1.62. The minimum absolute atomic E-state index is 0.0110. The Kier molecular flexibility index (Phi) is 7.21. The lowest BCUT2D eigenvalue weighted by Crippen LogP contribution is -2.29.